The molecule has 1 aliphatic heterocycles. The molecule has 1 saturated carbocycles. The molecule has 1 aromatic carbocycles. The summed E-state index contributed by atoms with van der Waals surface area (Å²) in [6.07, 6.45) is 3.63. The minimum Gasteiger partial charge on any atom is -0.465 e. The highest BCUT2D eigenvalue weighted by molar-refractivity contribution is 9.10. The molecule has 2 aromatic heterocycles. The molecule has 2 fully saturated rings. The van der Waals surface area contributed by atoms with Crippen LogP contribution in [-0.4, -0.2) is 80.3 Å². The van der Waals surface area contributed by atoms with E-state index in [9.17, 15) is 14.7 Å². The summed E-state index contributed by atoms with van der Waals surface area (Å²) in [6.45, 7) is 13.9. The molecule has 1 saturated heterocycles. The summed E-state index contributed by atoms with van der Waals surface area (Å²) in [7, 11) is 2.16. The van der Waals surface area contributed by atoms with Gasteiger partial charge in [0.2, 0.25) is 5.95 Å². The fourth-order valence-corrected chi connectivity index (χ4v) is 6.94. The Morgan fingerprint density at radius 3 is 2.36 bits per heavy atom. The predicted molar refractivity (Wildman–Crippen MR) is 171 cm³/mol. The van der Waals surface area contributed by atoms with Crippen LogP contribution in [0.4, 0.5) is 22.1 Å². The highest BCUT2D eigenvalue weighted by Gasteiger charge is 2.36. The lowest BCUT2D eigenvalue weighted by Crippen LogP contribution is -2.52. The van der Waals surface area contributed by atoms with Crippen LogP contribution < -0.4 is 15.8 Å². The molecule has 2 N–H and O–H groups in total. The second-order valence-electron chi connectivity index (χ2n) is 12.7. The Kier molecular flexibility index (Phi) is 8.53. The van der Waals surface area contributed by atoms with Gasteiger partial charge in [-0.05, 0) is 113 Å². The van der Waals surface area contributed by atoms with Crippen LogP contribution in [0.25, 0.3) is 11.0 Å². The molecule has 2 aliphatic rings. The van der Waals surface area contributed by atoms with E-state index in [0.717, 1.165) is 42.8 Å². The number of piperazine rings is 1. The minimum absolute atomic E-state index is 0.0847. The van der Waals surface area contributed by atoms with Crippen LogP contribution in [0.5, 0.6) is 0 Å². The van der Waals surface area contributed by atoms with Crippen molar-refractivity contribution in [3.63, 3.8) is 0 Å². The fourth-order valence-electron chi connectivity index (χ4n) is 6.53. The number of carboxylic acid groups (broad SMARTS) is 1. The molecule has 3 aromatic rings. The highest BCUT2D eigenvalue weighted by atomic mass is 79.9. The largest absolute Gasteiger partial charge is 0.465 e. The Balaban J connectivity index is 1.42. The van der Waals surface area contributed by atoms with Crippen molar-refractivity contribution in [1.29, 1.82) is 0 Å². The summed E-state index contributed by atoms with van der Waals surface area (Å²) in [4.78, 5) is 41.5. The third-order valence-corrected chi connectivity index (χ3v) is 9.69. The molecule has 0 unspecified atom stereocenters. The van der Waals surface area contributed by atoms with Gasteiger partial charge in [0, 0.05) is 66.8 Å². The number of hydrogen-bond acceptors (Lipinski definition) is 7. The zero-order valence-electron chi connectivity index (χ0n) is 25.4. The van der Waals surface area contributed by atoms with Crippen molar-refractivity contribution in [2.45, 2.75) is 77.9 Å². The number of aromatic nitrogens is 3. The van der Waals surface area contributed by atoms with Gasteiger partial charge < -0.3 is 25.1 Å². The van der Waals surface area contributed by atoms with Gasteiger partial charge in [0.25, 0.3) is 5.56 Å². The van der Waals surface area contributed by atoms with Gasteiger partial charge in [-0.25, -0.2) is 9.78 Å². The van der Waals surface area contributed by atoms with Crippen LogP contribution in [0.3, 0.4) is 0 Å². The van der Waals surface area contributed by atoms with Crippen molar-refractivity contribution in [1.82, 2.24) is 24.3 Å². The first kappa shape index (κ1) is 30.3. The molecular formula is C31H42BrN7O3. The molecule has 1 amide bonds. The number of hydrogen-bond donors (Lipinski definition) is 2. The van der Waals surface area contributed by atoms with Crippen LogP contribution in [-0.2, 0) is 0 Å². The molecule has 0 bridgehead atoms. The van der Waals surface area contributed by atoms with E-state index in [1.165, 1.54) is 11.3 Å². The summed E-state index contributed by atoms with van der Waals surface area (Å²) in [5.41, 5.74) is 4.11. The molecule has 0 radical (unpaired) electrons. The van der Waals surface area contributed by atoms with Crippen LogP contribution in [0.1, 0.15) is 63.6 Å². The van der Waals surface area contributed by atoms with E-state index in [2.05, 4.69) is 68.2 Å². The van der Waals surface area contributed by atoms with Crippen molar-refractivity contribution in [3.05, 3.63) is 50.3 Å². The summed E-state index contributed by atoms with van der Waals surface area (Å²) in [5, 5.41) is 14.1. The van der Waals surface area contributed by atoms with Crippen LogP contribution in [0.15, 0.2) is 33.7 Å². The smallest absolute Gasteiger partial charge is 0.407 e. The Bertz CT molecular complexity index is 1530. The average molecular weight is 641 g/mol. The number of carbonyl (C=O) groups is 1. The van der Waals surface area contributed by atoms with Gasteiger partial charge >= 0.3 is 6.09 Å². The number of anilines is 3. The van der Waals surface area contributed by atoms with Gasteiger partial charge in [-0.15, -0.1) is 0 Å². The summed E-state index contributed by atoms with van der Waals surface area (Å²) in [5.74, 6) is 0.433. The number of aryl methyl sites for hydroxylation is 2. The number of amides is 1. The molecular weight excluding hydrogens is 598 g/mol. The first-order chi connectivity index (χ1) is 19.8. The predicted octanol–water partition coefficient (Wildman–Crippen LogP) is 5.93. The van der Waals surface area contributed by atoms with Gasteiger partial charge in [0.05, 0.1) is 4.47 Å². The number of pyridine rings is 1. The summed E-state index contributed by atoms with van der Waals surface area (Å²) >= 11 is 3.52. The lowest BCUT2D eigenvalue weighted by molar-refractivity contribution is 0.0512. The van der Waals surface area contributed by atoms with E-state index in [-0.39, 0.29) is 17.6 Å². The van der Waals surface area contributed by atoms with Crippen molar-refractivity contribution < 1.29 is 9.90 Å². The second-order valence-corrected chi connectivity index (χ2v) is 13.5. The lowest BCUT2D eigenvalue weighted by atomic mass is 9.87. The third kappa shape index (κ3) is 5.99. The van der Waals surface area contributed by atoms with E-state index >= 15 is 0 Å². The summed E-state index contributed by atoms with van der Waals surface area (Å²) in [6, 6.07) is 6.15. The maximum atomic E-state index is 13.6. The van der Waals surface area contributed by atoms with Crippen molar-refractivity contribution in [2.24, 2.45) is 0 Å². The third-order valence-electron chi connectivity index (χ3n) is 8.76. The molecule has 1 aliphatic carbocycles. The van der Waals surface area contributed by atoms with Crippen LogP contribution in [0, 0.1) is 13.8 Å². The monoisotopic (exact) mass is 639 g/mol. The maximum absolute atomic E-state index is 13.6. The van der Waals surface area contributed by atoms with Gasteiger partial charge in [0.1, 0.15) is 5.65 Å². The van der Waals surface area contributed by atoms with E-state index in [1.54, 1.807) is 15.7 Å². The second kappa shape index (κ2) is 11.8. The number of halogens is 1. The first-order valence-corrected chi connectivity index (χ1v) is 15.5. The molecule has 3 heterocycles. The Hall–Kier alpha value is -3.18. The fraction of sp³-hybridized carbons (Fsp3) is 0.548. The van der Waals surface area contributed by atoms with E-state index in [4.69, 9.17) is 4.98 Å². The average Bonchev–Trinajstić information content (AvgIpc) is 2.92. The van der Waals surface area contributed by atoms with Crippen LogP contribution >= 0.6 is 15.9 Å². The lowest BCUT2D eigenvalue weighted by Gasteiger charge is -2.43. The molecule has 0 spiro atoms. The number of benzene rings is 1. The molecule has 5 rings (SSSR count). The zero-order chi connectivity index (χ0) is 30.3. The zero-order valence-corrected chi connectivity index (χ0v) is 27.0. The first-order valence-electron chi connectivity index (χ1n) is 14.8. The van der Waals surface area contributed by atoms with Crippen molar-refractivity contribution in [3.8, 4) is 0 Å². The van der Waals surface area contributed by atoms with Crippen molar-refractivity contribution >= 4 is 50.4 Å². The molecule has 10 nitrogen and oxygen atoms in total. The SMILES string of the molecule is Cc1cc(Nc2ncc3c(C)c(Br)c(=O)n(C4CCC(N(C(=O)O)C(C)(C)C)CC4)c3n2)ccc1N1CCN(C)CC1. The molecule has 42 heavy (non-hydrogen) atoms. The van der Waals surface area contributed by atoms with E-state index in [0.29, 0.717) is 41.8 Å². The molecule has 11 heteroatoms. The summed E-state index contributed by atoms with van der Waals surface area (Å²) < 4.78 is 2.30. The van der Waals surface area contributed by atoms with Gasteiger partial charge in [-0.3, -0.25) is 9.36 Å². The highest BCUT2D eigenvalue weighted by Crippen LogP contribution is 2.36. The van der Waals surface area contributed by atoms with Gasteiger partial charge in [0.15, 0.2) is 0 Å². The normalized spacial score (nSPS) is 20.1. The topological polar surface area (TPSA) is 107 Å². The Morgan fingerprint density at radius 1 is 1.10 bits per heavy atom. The number of nitrogens with one attached hydrogen (secondary N) is 1. The van der Waals surface area contributed by atoms with Crippen LogP contribution in [0.2, 0.25) is 0 Å². The maximum Gasteiger partial charge on any atom is 0.407 e. The molecule has 0 atom stereocenters. The number of nitrogens with zero attached hydrogens (tertiary/aromatic N) is 6. The number of rotatable bonds is 5. The molecule has 226 valence electrons. The van der Waals surface area contributed by atoms with E-state index < -0.39 is 11.6 Å². The standard InChI is InChI=1S/C31H42BrN7O3/c1-19-17-21(7-12-25(19)37-15-13-36(6)14-16-37)34-29-33-18-24-20(2)26(32)28(40)38(27(24)35-29)22-8-10-23(11-9-22)39(30(41)42)31(3,4)5/h7,12,17-18,22-23H,8-11,13-16H2,1-6H3,(H,41,42)(H,33,34,35). The Morgan fingerprint density at radius 2 is 1.76 bits per heavy atom. The van der Waals surface area contributed by atoms with Gasteiger partial charge in [-0.1, -0.05) is 0 Å². The number of likely N-dealkylation sites (N-methyl/N-ethyl adjacent to an activating group) is 1. The van der Waals surface area contributed by atoms with Crippen molar-refractivity contribution in [2.75, 3.05) is 43.4 Å². The quantitative estimate of drug-likeness (QED) is 0.354. The van der Waals surface area contributed by atoms with Gasteiger partial charge in [-0.2, -0.15) is 4.98 Å². The minimum atomic E-state index is -0.901. The number of fused-ring (bicyclic) bond motifs is 1. The Labute approximate surface area is 255 Å². The van der Waals surface area contributed by atoms with E-state index in [1.807, 2.05) is 27.7 Å².